The summed E-state index contributed by atoms with van der Waals surface area (Å²) in [7, 11) is 0. The molecule has 0 saturated heterocycles. The zero-order valence-electron chi connectivity index (χ0n) is 26.9. The van der Waals surface area contributed by atoms with Gasteiger partial charge in [0.15, 0.2) is 0 Å². The number of hydrogen-bond donors (Lipinski definition) is 0. The minimum atomic E-state index is 0.255. The number of hydrogen-bond acceptors (Lipinski definition) is 0. The molecule has 228 valence electrons. The van der Waals surface area contributed by atoms with Crippen molar-refractivity contribution in [2.75, 3.05) is 0 Å². The first-order chi connectivity index (χ1) is 24.3. The van der Waals surface area contributed by atoms with Crippen LogP contribution in [-0.4, -0.2) is 4.57 Å². The minimum absolute atomic E-state index is 0.255. The van der Waals surface area contributed by atoms with Crippen molar-refractivity contribution in [1.29, 1.82) is 0 Å². The molecule has 1 aromatic heterocycles. The van der Waals surface area contributed by atoms with Gasteiger partial charge in [-0.15, -0.1) is 0 Å². The van der Waals surface area contributed by atoms with E-state index in [-0.39, 0.29) is 5.92 Å². The van der Waals surface area contributed by atoms with Crippen LogP contribution in [0.25, 0.3) is 71.6 Å². The molecule has 1 heterocycles. The second-order valence-electron chi connectivity index (χ2n) is 13.6. The van der Waals surface area contributed by atoms with Gasteiger partial charge in [0.25, 0.3) is 0 Å². The van der Waals surface area contributed by atoms with E-state index < -0.39 is 0 Å². The number of aromatic nitrogens is 1. The topological polar surface area (TPSA) is 4.93 Å². The molecule has 9 aromatic rings. The van der Waals surface area contributed by atoms with Crippen molar-refractivity contribution >= 4 is 32.6 Å². The predicted molar refractivity (Wildman–Crippen MR) is 205 cm³/mol. The van der Waals surface area contributed by atoms with Crippen LogP contribution in [-0.2, 0) is 6.42 Å². The van der Waals surface area contributed by atoms with Gasteiger partial charge in [-0.3, -0.25) is 0 Å². The zero-order valence-corrected chi connectivity index (χ0v) is 26.9. The summed E-state index contributed by atoms with van der Waals surface area (Å²) in [5, 5.41) is 5.17. The summed E-state index contributed by atoms with van der Waals surface area (Å²) in [6.45, 7) is 0. The molecule has 0 radical (unpaired) electrons. The molecular weight excluding hydrogens is 591 g/mol. The molecule has 0 N–H and O–H groups in total. The smallest absolute Gasteiger partial charge is 0.0547 e. The van der Waals surface area contributed by atoms with E-state index in [0.29, 0.717) is 0 Å². The van der Waals surface area contributed by atoms with E-state index >= 15 is 0 Å². The van der Waals surface area contributed by atoms with Gasteiger partial charge in [-0.05, 0) is 103 Å². The van der Waals surface area contributed by atoms with Crippen LogP contribution in [0.1, 0.15) is 33.7 Å². The van der Waals surface area contributed by atoms with Crippen LogP contribution < -0.4 is 0 Å². The normalized spacial score (nSPS) is 14.2. The highest BCUT2D eigenvalue weighted by atomic mass is 15.0. The summed E-state index contributed by atoms with van der Waals surface area (Å²) in [4.78, 5) is 0. The third-order valence-corrected chi connectivity index (χ3v) is 11.1. The Hall–Kier alpha value is -6.18. The van der Waals surface area contributed by atoms with Crippen LogP contribution in [0.3, 0.4) is 0 Å². The molecule has 1 heteroatoms. The maximum atomic E-state index is 2.50. The van der Waals surface area contributed by atoms with Gasteiger partial charge in [-0.25, -0.2) is 0 Å². The summed E-state index contributed by atoms with van der Waals surface area (Å²) in [5.74, 6) is 0.255. The van der Waals surface area contributed by atoms with E-state index in [0.717, 1.165) is 6.42 Å². The van der Waals surface area contributed by atoms with Crippen LogP contribution in [0.2, 0.25) is 0 Å². The second kappa shape index (κ2) is 10.2. The van der Waals surface area contributed by atoms with Gasteiger partial charge in [0.05, 0.1) is 16.7 Å². The fourth-order valence-electron chi connectivity index (χ4n) is 8.96. The molecule has 1 atom stereocenters. The lowest BCUT2D eigenvalue weighted by Gasteiger charge is -2.14. The average Bonchev–Trinajstić information content (AvgIpc) is 3.82. The number of benzene rings is 8. The summed E-state index contributed by atoms with van der Waals surface area (Å²) in [6.07, 6.45) is 0.981. The van der Waals surface area contributed by atoms with Gasteiger partial charge in [0, 0.05) is 22.1 Å². The summed E-state index contributed by atoms with van der Waals surface area (Å²) >= 11 is 0. The molecule has 2 aliphatic rings. The summed E-state index contributed by atoms with van der Waals surface area (Å²) < 4.78 is 2.50. The van der Waals surface area contributed by atoms with Crippen LogP contribution in [0.4, 0.5) is 0 Å². The zero-order chi connectivity index (χ0) is 32.1. The highest BCUT2D eigenvalue weighted by Gasteiger charge is 2.30. The molecule has 0 aliphatic heterocycles. The quantitative estimate of drug-likeness (QED) is 0.185. The summed E-state index contributed by atoms with van der Waals surface area (Å²) in [5.41, 5.74) is 18.6. The van der Waals surface area contributed by atoms with Crippen molar-refractivity contribution in [1.82, 2.24) is 4.57 Å². The van der Waals surface area contributed by atoms with E-state index in [1.54, 1.807) is 0 Å². The van der Waals surface area contributed by atoms with Crippen molar-refractivity contribution < 1.29 is 0 Å². The lowest BCUT2D eigenvalue weighted by Crippen LogP contribution is -1.98. The van der Waals surface area contributed by atoms with Crippen molar-refractivity contribution in [3.8, 4) is 39.1 Å². The Balaban J connectivity index is 1.17. The molecule has 0 spiro atoms. The standard InChI is InChI=1S/C48H31N/c1-2-12-31(13-3-1)46-39-19-9-8-18-38(39)41-28-32(21-24-40(41)46)33-22-25-44-42(29-33)48-45(26-23-35-27-34-14-5-7-17-37(34)47(35)48)49(44)43-20-10-15-30-11-4-6-16-36(30)43/h1-26,28-29,46H,27H2. The number of nitrogens with zero attached hydrogens (tertiary/aromatic N) is 1. The van der Waals surface area contributed by atoms with Gasteiger partial charge < -0.3 is 4.57 Å². The lowest BCUT2D eigenvalue weighted by molar-refractivity contribution is 1.02. The van der Waals surface area contributed by atoms with Crippen molar-refractivity contribution in [2.24, 2.45) is 0 Å². The molecule has 2 aliphatic carbocycles. The molecule has 1 unspecified atom stereocenters. The molecular formula is C48H31N. The van der Waals surface area contributed by atoms with Crippen LogP contribution >= 0.6 is 0 Å². The van der Waals surface area contributed by atoms with Crippen LogP contribution in [0, 0.1) is 0 Å². The first kappa shape index (κ1) is 26.8. The Bertz CT molecular complexity index is 2790. The van der Waals surface area contributed by atoms with E-state index in [9.17, 15) is 0 Å². The number of rotatable bonds is 3. The fourth-order valence-corrected chi connectivity index (χ4v) is 8.96. The first-order valence-electron chi connectivity index (χ1n) is 17.3. The number of fused-ring (bicyclic) bond motifs is 11. The molecule has 11 rings (SSSR count). The van der Waals surface area contributed by atoms with Crippen molar-refractivity contribution in [2.45, 2.75) is 12.3 Å². The van der Waals surface area contributed by atoms with Gasteiger partial charge in [0.2, 0.25) is 0 Å². The van der Waals surface area contributed by atoms with E-state index in [1.165, 1.54) is 99.5 Å². The van der Waals surface area contributed by atoms with Crippen LogP contribution in [0.5, 0.6) is 0 Å². The highest BCUT2D eigenvalue weighted by Crippen LogP contribution is 2.50. The Labute approximate surface area is 285 Å². The highest BCUT2D eigenvalue weighted by molar-refractivity contribution is 6.19. The molecule has 1 nitrogen and oxygen atoms in total. The van der Waals surface area contributed by atoms with Crippen molar-refractivity contribution in [3.05, 3.63) is 198 Å². The van der Waals surface area contributed by atoms with Crippen LogP contribution in [0.15, 0.2) is 170 Å². The molecule has 49 heavy (non-hydrogen) atoms. The van der Waals surface area contributed by atoms with E-state index in [1.807, 2.05) is 0 Å². The third kappa shape index (κ3) is 3.82. The monoisotopic (exact) mass is 621 g/mol. The Kier molecular flexibility index (Phi) is 5.57. The molecule has 0 saturated carbocycles. The largest absolute Gasteiger partial charge is 0.309 e. The van der Waals surface area contributed by atoms with Gasteiger partial charge >= 0.3 is 0 Å². The van der Waals surface area contributed by atoms with Gasteiger partial charge in [0.1, 0.15) is 0 Å². The lowest BCUT2D eigenvalue weighted by atomic mass is 9.89. The third-order valence-electron chi connectivity index (χ3n) is 11.1. The predicted octanol–water partition coefficient (Wildman–Crippen LogP) is 12.3. The Morgan fingerprint density at radius 1 is 0.449 bits per heavy atom. The average molecular weight is 622 g/mol. The fraction of sp³-hybridized carbons (Fsp3) is 0.0417. The molecule has 0 amide bonds. The second-order valence-corrected chi connectivity index (χ2v) is 13.6. The minimum Gasteiger partial charge on any atom is -0.309 e. The van der Waals surface area contributed by atoms with E-state index in [4.69, 9.17) is 0 Å². The molecule has 0 fully saturated rings. The van der Waals surface area contributed by atoms with Gasteiger partial charge in [-0.2, -0.15) is 0 Å². The maximum Gasteiger partial charge on any atom is 0.0547 e. The summed E-state index contributed by atoms with van der Waals surface area (Å²) in [6, 6.07) is 63.3. The molecule has 0 bridgehead atoms. The Morgan fingerprint density at radius 2 is 1.16 bits per heavy atom. The molecule has 8 aromatic carbocycles. The first-order valence-corrected chi connectivity index (χ1v) is 17.3. The van der Waals surface area contributed by atoms with E-state index in [2.05, 4.69) is 174 Å². The SMILES string of the molecule is c1ccc(C2c3ccccc3-c3cc(-c4ccc5c(c4)c4c6c(ccc4n5-c4cccc5ccccc45)Cc4ccccc4-6)ccc32)cc1. The maximum absolute atomic E-state index is 2.50. The van der Waals surface area contributed by atoms with Crippen molar-refractivity contribution in [3.63, 3.8) is 0 Å². The van der Waals surface area contributed by atoms with Gasteiger partial charge in [-0.1, -0.05) is 140 Å². The Morgan fingerprint density at radius 3 is 2.10 bits per heavy atom.